The van der Waals surface area contributed by atoms with Crippen LogP contribution in [0.5, 0.6) is 0 Å². The van der Waals surface area contributed by atoms with Gasteiger partial charge in [0.15, 0.2) is 0 Å². The molecule has 1 atom stereocenters. The molecule has 1 aliphatic rings. The van der Waals surface area contributed by atoms with Crippen molar-refractivity contribution in [3.05, 3.63) is 60.2 Å². The SMILES string of the molecule is C=C1CCC(C)(C)C1(O)Cn1cncn1.Clc1ccccc1. The van der Waals surface area contributed by atoms with Crippen LogP contribution in [0.4, 0.5) is 0 Å². The van der Waals surface area contributed by atoms with E-state index < -0.39 is 5.60 Å². The lowest BCUT2D eigenvalue weighted by Crippen LogP contribution is -2.45. The van der Waals surface area contributed by atoms with Gasteiger partial charge in [0, 0.05) is 5.02 Å². The summed E-state index contributed by atoms with van der Waals surface area (Å²) in [6, 6.07) is 9.44. The smallest absolute Gasteiger partial charge is 0.137 e. The zero-order valence-electron chi connectivity index (χ0n) is 13.0. The second kappa shape index (κ2) is 6.63. The monoisotopic (exact) mass is 319 g/mol. The number of benzene rings is 1. The van der Waals surface area contributed by atoms with Crippen LogP contribution in [0.25, 0.3) is 0 Å². The van der Waals surface area contributed by atoms with Gasteiger partial charge in [0.1, 0.15) is 18.3 Å². The van der Waals surface area contributed by atoms with E-state index in [2.05, 4.69) is 30.5 Å². The van der Waals surface area contributed by atoms with E-state index >= 15 is 0 Å². The standard InChI is InChI=1S/C11H17N3O.C6H5Cl/c1-9-4-5-10(2,3)11(9,15)6-14-8-12-7-13-14;7-6-4-2-1-3-5-6/h7-8,15H,1,4-6H2,2-3H3;1-5H. The summed E-state index contributed by atoms with van der Waals surface area (Å²) in [5.74, 6) is 0. The molecule has 0 saturated heterocycles. The van der Waals surface area contributed by atoms with Crippen molar-refractivity contribution in [1.29, 1.82) is 0 Å². The fourth-order valence-electron chi connectivity index (χ4n) is 2.64. The Bertz CT molecular complexity index is 610. The summed E-state index contributed by atoms with van der Waals surface area (Å²) in [6.07, 6.45) is 4.96. The van der Waals surface area contributed by atoms with Gasteiger partial charge < -0.3 is 5.11 Å². The normalized spacial score (nSPS) is 23.0. The number of aliphatic hydroxyl groups is 1. The van der Waals surface area contributed by atoms with Gasteiger partial charge in [0.25, 0.3) is 0 Å². The quantitative estimate of drug-likeness (QED) is 0.858. The Morgan fingerprint density at radius 3 is 2.41 bits per heavy atom. The third-order valence-corrected chi connectivity index (χ3v) is 4.60. The fraction of sp³-hybridized carbons (Fsp3) is 0.412. The van der Waals surface area contributed by atoms with Gasteiger partial charge >= 0.3 is 0 Å². The molecular weight excluding hydrogens is 298 g/mol. The number of rotatable bonds is 2. The van der Waals surface area contributed by atoms with E-state index in [4.69, 9.17) is 11.6 Å². The topological polar surface area (TPSA) is 50.9 Å². The van der Waals surface area contributed by atoms with Crippen LogP contribution in [-0.4, -0.2) is 25.5 Å². The van der Waals surface area contributed by atoms with Crippen LogP contribution in [0.15, 0.2) is 55.1 Å². The average Bonchev–Trinajstić information content (AvgIpc) is 3.04. The molecule has 1 fully saturated rings. The van der Waals surface area contributed by atoms with E-state index in [1.165, 1.54) is 6.33 Å². The van der Waals surface area contributed by atoms with Crippen molar-refractivity contribution >= 4 is 11.6 Å². The predicted octanol–water partition coefficient (Wildman–Crippen LogP) is 3.73. The highest BCUT2D eigenvalue weighted by molar-refractivity contribution is 6.30. The number of hydrogen-bond donors (Lipinski definition) is 1. The van der Waals surface area contributed by atoms with Crippen LogP contribution in [0.1, 0.15) is 26.7 Å². The molecule has 1 aliphatic carbocycles. The number of nitrogens with zero attached hydrogens (tertiary/aromatic N) is 3. The summed E-state index contributed by atoms with van der Waals surface area (Å²) in [4.78, 5) is 3.88. The van der Waals surface area contributed by atoms with Crippen LogP contribution in [0.2, 0.25) is 5.02 Å². The van der Waals surface area contributed by atoms with E-state index in [1.54, 1.807) is 11.0 Å². The molecule has 5 heteroatoms. The molecule has 4 nitrogen and oxygen atoms in total. The summed E-state index contributed by atoms with van der Waals surface area (Å²) < 4.78 is 1.66. The van der Waals surface area contributed by atoms with Crippen LogP contribution < -0.4 is 0 Å². The highest BCUT2D eigenvalue weighted by Gasteiger charge is 2.50. The largest absolute Gasteiger partial charge is 0.383 e. The molecule has 0 aliphatic heterocycles. The minimum Gasteiger partial charge on any atom is -0.383 e. The predicted molar refractivity (Wildman–Crippen MR) is 88.6 cm³/mol. The lowest BCUT2D eigenvalue weighted by Gasteiger charge is -2.37. The third kappa shape index (κ3) is 3.57. The second-order valence-electron chi connectivity index (χ2n) is 6.24. The molecule has 0 bridgehead atoms. The molecule has 1 N–H and O–H groups in total. The molecule has 3 rings (SSSR count). The Morgan fingerprint density at radius 2 is 2.00 bits per heavy atom. The first-order chi connectivity index (χ1) is 10.3. The van der Waals surface area contributed by atoms with Crippen molar-refractivity contribution in [2.45, 2.75) is 38.8 Å². The molecule has 2 aromatic rings. The molecule has 1 aromatic heterocycles. The second-order valence-corrected chi connectivity index (χ2v) is 6.67. The number of aromatic nitrogens is 3. The van der Waals surface area contributed by atoms with Gasteiger partial charge in [-0.1, -0.05) is 50.2 Å². The lowest BCUT2D eigenvalue weighted by molar-refractivity contribution is -0.0301. The summed E-state index contributed by atoms with van der Waals surface area (Å²) in [5.41, 5.74) is -0.0977. The zero-order chi connectivity index (χ0) is 16.2. The van der Waals surface area contributed by atoms with Gasteiger partial charge in [-0.25, -0.2) is 9.67 Å². The first-order valence-electron chi connectivity index (χ1n) is 7.29. The van der Waals surface area contributed by atoms with Crippen LogP contribution in [0.3, 0.4) is 0 Å². The highest BCUT2D eigenvalue weighted by Crippen LogP contribution is 2.49. The fourth-order valence-corrected chi connectivity index (χ4v) is 2.79. The van der Waals surface area contributed by atoms with Crippen molar-refractivity contribution in [3.63, 3.8) is 0 Å². The molecule has 0 spiro atoms. The molecule has 0 amide bonds. The molecule has 1 heterocycles. The minimum absolute atomic E-state index is 0.143. The van der Waals surface area contributed by atoms with Gasteiger partial charge in [-0.2, -0.15) is 5.10 Å². The van der Waals surface area contributed by atoms with Crippen LogP contribution in [-0.2, 0) is 6.54 Å². The summed E-state index contributed by atoms with van der Waals surface area (Å²) >= 11 is 5.54. The van der Waals surface area contributed by atoms with Crippen LogP contribution >= 0.6 is 11.6 Å². The Kier molecular flexibility index (Phi) is 5.04. The maximum Gasteiger partial charge on any atom is 0.137 e. The van der Waals surface area contributed by atoms with Gasteiger partial charge in [-0.3, -0.25) is 0 Å². The van der Waals surface area contributed by atoms with Gasteiger partial charge in [-0.15, -0.1) is 0 Å². The first-order valence-corrected chi connectivity index (χ1v) is 7.66. The molecular formula is C17H22ClN3O. The number of hydrogen-bond acceptors (Lipinski definition) is 3. The average molecular weight is 320 g/mol. The third-order valence-electron chi connectivity index (χ3n) is 4.35. The van der Waals surface area contributed by atoms with Crippen LogP contribution in [0, 0.1) is 5.41 Å². The van der Waals surface area contributed by atoms with Crippen molar-refractivity contribution in [3.8, 4) is 0 Å². The van der Waals surface area contributed by atoms with E-state index in [0.717, 1.165) is 23.4 Å². The number of halogens is 1. The Hall–Kier alpha value is -1.65. The first kappa shape index (κ1) is 16.7. The van der Waals surface area contributed by atoms with E-state index in [-0.39, 0.29) is 5.41 Å². The maximum atomic E-state index is 10.7. The van der Waals surface area contributed by atoms with Crippen molar-refractivity contribution in [2.75, 3.05) is 0 Å². The summed E-state index contributed by atoms with van der Waals surface area (Å²) in [7, 11) is 0. The van der Waals surface area contributed by atoms with E-state index in [9.17, 15) is 5.11 Å². The van der Waals surface area contributed by atoms with Gasteiger partial charge in [-0.05, 0) is 36.0 Å². The Morgan fingerprint density at radius 1 is 1.32 bits per heavy atom. The highest BCUT2D eigenvalue weighted by atomic mass is 35.5. The maximum absolute atomic E-state index is 10.7. The molecule has 118 valence electrons. The molecule has 1 unspecified atom stereocenters. The lowest BCUT2D eigenvalue weighted by atomic mass is 9.76. The van der Waals surface area contributed by atoms with Crippen molar-refractivity contribution < 1.29 is 5.11 Å². The summed E-state index contributed by atoms with van der Waals surface area (Å²) in [5, 5.41) is 15.5. The molecule has 1 aromatic carbocycles. The van der Waals surface area contributed by atoms with Gasteiger partial charge in [0.2, 0.25) is 0 Å². The van der Waals surface area contributed by atoms with Gasteiger partial charge in [0.05, 0.1) is 6.54 Å². The minimum atomic E-state index is -0.860. The Balaban J connectivity index is 0.000000211. The van der Waals surface area contributed by atoms with Crippen molar-refractivity contribution in [2.24, 2.45) is 5.41 Å². The summed E-state index contributed by atoms with van der Waals surface area (Å²) in [6.45, 7) is 8.56. The molecule has 1 saturated carbocycles. The molecule has 0 radical (unpaired) electrons. The van der Waals surface area contributed by atoms with E-state index in [0.29, 0.717) is 6.54 Å². The molecule has 22 heavy (non-hydrogen) atoms. The zero-order valence-corrected chi connectivity index (χ0v) is 13.8. The van der Waals surface area contributed by atoms with Crippen molar-refractivity contribution in [1.82, 2.24) is 14.8 Å². The van der Waals surface area contributed by atoms with E-state index in [1.807, 2.05) is 30.3 Å². The Labute approximate surface area is 136 Å².